The van der Waals surface area contributed by atoms with E-state index in [4.69, 9.17) is 27.9 Å². The second kappa shape index (κ2) is 8.61. The summed E-state index contributed by atoms with van der Waals surface area (Å²) in [6.07, 6.45) is 1.53. The van der Waals surface area contributed by atoms with Gasteiger partial charge >= 0.3 is 0 Å². The van der Waals surface area contributed by atoms with Gasteiger partial charge in [-0.25, -0.2) is 5.01 Å². The molecule has 1 aliphatic rings. The molecule has 150 valence electrons. The lowest BCUT2D eigenvalue weighted by Crippen LogP contribution is -2.35. The van der Waals surface area contributed by atoms with Crippen molar-refractivity contribution >= 4 is 46.8 Å². The summed E-state index contributed by atoms with van der Waals surface area (Å²) in [6, 6.07) is 21.4. The highest BCUT2D eigenvalue weighted by Crippen LogP contribution is 2.27. The number of amides is 2. The molecular weight excluding hydrogens is 423 g/mol. The summed E-state index contributed by atoms with van der Waals surface area (Å²) in [7, 11) is 0. The highest BCUT2D eigenvalue weighted by molar-refractivity contribution is 6.42. The van der Waals surface area contributed by atoms with Crippen molar-refractivity contribution in [2.75, 3.05) is 5.01 Å². The maximum absolute atomic E-state index is 12.8. The fraction of sp³-hybridized carbons (Fsp3) is 0.0435. The molecule has 1 fully saturated rings. The zero-order valence-electron chi connectivity index (χ0n) is 15.6. The van der Waals surface area contributed by atoms with Gasteiger partial charge in [-0.2, -0.15) is 0 Å². The van der Waals surface area contributed by atoms with E-state index in [1.807, 2.05) is 24.3 Å². The molecule has 0 unspecified atom stereocenters. The van der Waals surface area contributed by atoms with E-state index in [1.165, 1.54) is 11.1 Å². The lowest BCUT2D eigenvalue weighted by atomic mass is 10.1. The van der Waals surface area contributed by atoms with Gasteiger partial charge in [0.25, 0.3) is 11.8 Å². The number of anilines is 1. The Labute approximate surface area is 183 Å². The summed E-state index contributed by atoms with van der Waals surface area (Å²) in [5.74, 6) is -0.358. The van der Waals surface area contributed by atoms with Gasteiger partial charge in [-0.3, -0.25) is 15.0 Å². The molecule has 4 rings (SSSR count). The molecule has 0 bridgehead atoms. The Morgan fingerprint density at radius 3 is 2.40 bits per heavy atom. The first-order chi connectivity index (χ1) is 14.5. The SMILES string of the molecule is O=C1NN(c2ccccc2)C(=O)C1=Cc1ccccc1OCc1ccc(Cl)c(Cl)c1. The fourth-order valence-electron chi connectivity index (χ4n) is 2.99. The number of hydrazine groups is 1. The van der Waals surface area contributed by atoms with Crippen molar-refractivity contribution in [3.05, 3.63) is 99.5 Å². The molecule has 1 saturated heterocycles. The Morgan fingerprint density at radius 1 is 0.900 bits per heavy atom. The van der Waals surface area contributed by atoms with E-state index in [9.17, 15) is 9.59 Å². The summed E-state index contributed by atoms with van der Waals surface area (Å²) in [4.78, 5) is 25.2. The summed E-state index contributed by atoms with van der Waals surface area (Å²) in [5, 5.41) is 2.15. The van der Waals surface area contributed by atoms with Gasteiger partial charge in [0.05, 0.1) is 15.7 Å². The van der Waals surface area contributed by atoms with E-state index >= 15 is 0 Å². The van der Waals surface area contributed by atoms with Crippen molar-refractivity contribution in [1.82, 2.24) is 5.43 Å². The summed E-state index contributed by atoms with van der Waals surface area (Å²) in [5.41, 5.74) is 4.67. The van der Waals surface area contributed by atoms with Gasteiger partial charge in [-0.15, -0.1) is 0 Å². The second-order valence-corrected chi connectivity index (χ2v) is 7.36. The predicted octanol–water partition coefficient (Wildman–Crippen LogP) is 5.03. The molecule has 0 radical (unpaired) electrons. The minimum atomic E-state index is -0.469. The first-order valence-electron chi connectivity index (χ1n) is 9.11. The molecule has 1 heterocycles. The van der Waals surface area contributed by atoms with Crippen LogP contribution in [0.15, 0.2) is 78.4 Å². The zero-order chi connectivity index (χ0) is 21.1. The molecule has 30 heavy (non-hydrogen) atoms. The van der Waals surface area contributed by atoms with Crippen molar-refractivity contribution < 1.29 is 14.3 Å². The summed E-state index contributed by atoms with van der Waals surface area (Å²) in [6.45, 7) is 0.257. The van der Waals surface area contributed by atoms with Crippen molar-refractivity contribution in [2.24, 2.45) is 0 Å². The number of hydrogen-bond donors (Lipinski definition) is 1. The molecule has 0 aromatic heterocycles. The third-order valence-corrected chi connectivity index (χ3v) is 5.24. The molecule has 2 amide bonds. The first-order valence-corrected chi connectivity index (χ1v) is 9.86. The van der Waals surface area contributed by atoms with E-state index < -0.39 is 11.8 Å². The van der Waals surface area contributed by atoms with Gasteiger partial charge in [-0.05, 0) is 42.0 Å². The summed E-state index contributed by atoms with van der Waals surface area (Å²) < 4.78 is 5.91. The third-order valence-electron chi connectivity index (χ3n) is 4.50. The van der Waals surface area contributed by atoms with Crippen LogP contribution in [0.3, 0.4) is 0 Å². The standard InChI is InChI=1S/C23H16Cl2N2O3/c24-19-11-10-15(12-20(19)25)14-30-21-9-5-4-6-16(21)13-18-22(28)26-27(23(18)29)17-7-2-1-3-8-17/h1-13H,14H2,(H,26,28). The smallest absolute Gasteiger partial charge is 0.282 e. The first kappa shape index (κ1) is 20.0. The molecule has 1 N–H and O–H groups in total. The van der Waals surface area contributed by atoms with Crippen LogP contribution < -0.4 is 15.2 Å². The largest absolute Gasteiger partial charge is 0.488 e. The fourth-order valence-corrected chi connectivity index (χ4v) is 3.31. The van der Waals surface area contributed by atoms with Crippen LogP contribution in [0.25, 0.3) is 6.08 Å². The van der Waals surface area contributed by atoms with E-state index in [-0.39, 0.29) is 12.2 Å². The Kier molecular flexibility index (Phi) is 5.74. The molecule has 5 nitrogen and oxygen atoms in total. The van der Waals surface area contributed by atoms with Gasteiger partial charge < -0.3 is 4.74 Å². The van der Waals surface area contributed by atoms with Crippen molar-refractivity contribution in [3.63, 3.8) is 0 Å². The predicted molar refractivity (Wildman–Crippen MR) is 117 cm³/mol. The van der Waals surface area contributed by atoms with Crippen LogP contribution in [0.4, 0.5) is 5.69 Å². The average Bonchev–Trinajstić information content (AvgIpc) is 3.04. The molecule has 7 heteroatoms. The van der Waals surface area contributed by atoms with Crippen molar-refractivity contribution in [3.8, 4) is 5.75 Å². The number of nitrogens with one attached hydrogen (secondary N) is 1. The highest BCUT2D eigenvalue weighted by atomic mass is 35.5. The Morgan fingerprint density at radius 2 is 1.63 bits per heavy atom. The van der Waals surface area contributed by atoms with Crippen LogP contribution in [0.2, 0.25) is 10.0 Å². The highest BCUT2D eigenvalue weighted by Gasteiger charge is 2.34. The number of halogens is 2. The van der Waals surface area contributed by atoms with Crippen LogP contribution in [-0.2, 0) is 16.2 Å². The van der Waals surface area contributed by atoms with Gasteiger partial charge in [0, 0.05) is 5.56 Å². The molecule has 0 spiro atoms. The lowest BCUT2D eigenvalue weighted by molar-refractivity contribution is -0.117. The topological polar surface area (TPSA) is 58.6 Å². The number of ether oxygens (including phenoxy) is 1. The van der Waals surface area contributed by atoms with Crippen molar-refractivity contribution in [1.29, 1.82) is 0 Å². The van der Waals surface area contributed by atoms with Crippen LogP contribution in [0, 0.1) is 0 Å². The maximum Gasteiger partial charge on any atom is 0.282 e. The minimum Gasteiger partial charge on any atom is -0.488 e. The molecule has 0 atom stereocenters. The quantitative estimate of drug-likeness (QED) is 0.448. The molecular formula is C23H16Cl2N2O3. The zero-order valence-corrected chi connectivity index (χ0v) is 17.2. The molecule has 3 aromatic carbocycles. The number of carbonyl (C=O) groups excluding carboxylic acids is 2. The third kappa shape index (κ3) is 4.17. The number of carbonyl (C=O) groups is 2. The summed E-state index contributed by atoms with van der Waals surface area (Å²) >= 11 is 12.0. The van der Waals surface area contributed by atoms with Crippen LogP contribution >= 0.6 is 23.2 Å². The Bertz CT molecular complexity index is 1150. The molecule has 0 saturated carbocycles. The number of hydrogen-bond acceptors (Lipinski definition) is 3. The molecule has 3 aromatic rings. The molecule has 0 aliphatic carbocycles. The monoisotopic (exact) mass is 438 g/mol. The van der Waals surface area contributed by atoms with E-state index in [2.05, 4.69) is 5.43 Å². The van der Waals surface area contributed by atoms with E-state index in [0.29, 0.717) is 27.0 Å². The van der Waals surface area contributed by atoms with Crippen LogP contribution in [-0.4, -0.2) is 11.8 Å². The van der Waals surface area contributed by atoms with E-state index in [1.54, 1.807) is 48.5 Å². The van der Waals surface area contributed by atoms with Crippen LogP contribution in [0.1, 0.15) is 11.1 Å². The number of rotatable bonds is 5. The maximum atomic E-state index is 12.8. The van der Waals surface area contributed by atoms with Gasteiger partial charge in [0.2, 0.25) is 0 Å². The van der Waals surface area contributed by atoms with Gasteiger partial charge in [-0.1, -0.05) is 65.7 Å². The lowest BCUT2D eigenvalue weighted by Gasteiger charge is -2.14. The number of benzene rings is 3. The van der Waals surface area contributed by atoms with Crippen molar-refractivity contribution in [2.45, 2.75) is 6.61 Å². The molecule has 1 aliphatic heterocycles. The van der Waals surface area contributed by atoms with Gasteiger partial charge in [0.15, 0.2) is 0 Å². The second-order valence-electron chi connectivity index (χ2n) is 6.55. The Balaban J connectivity index is 1.57. The number of para-hydroxylation sites is 2. The number of nitrogens with zero attached hydrogens (tertiary/aromatic N) is 1. The van der Waals surface area contributed by atoms with E-state index in [0.717, 1.165) is 5.56 Å². The minimum absolute atomic E-state index is 0.0319. The average molecular weight is 439 g/mol. The van der Waals surface area contributed by atoms with Crippen LogP contribution in [0.5, 0.6) is 5.75 Å². The normalized spacial score (nSPS) is 14.9. The Hall–Kier alpha value is -3.28. The van der Waals surface area contributed by atoms with Gasteiger partial charge in [0.1, 0.15) is 17.9 Å².